The van der Waals surface area contributed by atoms with E-state index < -0.39 is 10.1 Å². The molecule has 0 fully saturated rings. The van der Waals surface area contributed by atoms with Crippen LogP contribution >= 0.6 is 0 Å². The van der Waals surface area contributed by atoms with Gasteiger partial charge in [0.2, 0.25) is 0 Å². The number of rotatable bonds is 46. The van der Waals surface area contributed by atoms with Crippen molar-refractivity contribution in [1.82, 2.24) is 0 Å². The van der Waals surface area contributed by atoms with Crippen LogP contribution in [0.15, 0.2) is 4.90 Å². The molecule has 0 atom stereocenters. The van der Waals surface area contributed by atoms with E-state index in [1.54, 1.807) is 0 Å². The lowest BCUT2D eigenvalue weighted by Gasteiger charge is -2.27. The Morgan fingerprint density at radius 2 is 0.400 bits per heavy atom. The van der Waals surface area contributed by atoms with E-state index in [1.165, 1.54) is 235 Å². The topological polar surface area (TPSA) is 54.4 Å². The average Bonchev–Trinajstić information content (AvgIpc) is 3.23. The van der Waals surface area contributed by atoms with E-state index in [-0.39, 0.29) is 0 Å². The summed E-state index contributed by atoms with van der Waals surface area (Å²) in [4.78, 5) is 0.372. The molecule has 0 radical (unpaired) electrons. The van der Waals surface area contributed by atoms with Crippen molar-refractivity contribution in [2.24, 2.45) is 0 Å². The third kappa shape index (κ3) is 28.7. The molecule has 4 heteroatoms. The maximum absolute atomic E-state index is 13.9. The lowest BCUT2D eigenvalue weighted by molar-refractivity contribution is 0.478. The molecule has 0 amide bonds. The van der Waals surface area contributed by atoms with Gasteiger partial charge in [-0.2, -0.15) is 8.42 Å². The summed E-state index contributed by atoms with van der Waals surface area (Å²) in [5.74, 6) is 0. The van der Waals surface area contributed by atoms with Crippen molar-refractivity contribution < 1.29 is 13.0 Å². The van der Waals surface area contributed by atoms with Gasteiger partial charge in [-0.1, -0.05) is 259 Å². The molecule has 0 heterocycles. The van der Waals surface area contributed by atoms with Crippen LogP contribution in [0.1, 0.15) is 319 Å². The van der Waals surface area contributed by atoms with Gasteiger partial charge in [0.1, 0.15) is 4.90 Å². The van der Waals surface area contributed by atoms with Crippen LogP contribution in [0, 0.1) is 0 Å². The SMILES string of the molecule is CCCCCCCCCCc1c(CCCCCCCCCC)c(CCCCCCCCCC)c(S(=O)(=O)O)c(CCCCCCCCCC)c1CCCCCCCCCC. The number of unbranched alkanes of at least 4 members (excludes halogenated alkanes) is 35. The summed E-state index contributed by atoms with van der Waals surface area (Å²) in [6.45, 7) is 11.5. The maximum Gasteiger partial charge on any atom is 0.295 e. The highest BCUT2D eigenvalue weighted by molar-refractivity contribution is 7.86. The Kier molecular flexibility index (Phi) is 38.9. The predicted molar refractivity (Wildman–Crippen MR) is 268 cm³/mol. The predicted octanol–water partition coefficient (Wildman–Crippen LogP) is 19.3. The van der Waals surface area contributed by atoms with Gasteiger partial charge < -0.3 is 0 Å². The second-order valence-corrected chi connectivity index (χ2v) is 20.7. The fraction of sp³-hybridized carbons (Fsp3) is 0.893. The molecular formula is C56H106O3S. The summed E-state index contributed by atoms with van der Waals surface area (Å²) in [7, 11) is -4.38. The first-order valence-electron chi connectivity index (χ1n) is 27.5. The molecule has 1 N–H and O–H groups in total. The summed E-state index contributed by atoms with van der Waals surface area (Å²) in [5.41, 5.74) is 6.32. The first kappa shape index (κ1) is 57.1. The highest BCUT2D eigenvalue weighted by Gasteiger charge is 2.29. The summed E-state index contributed by atoms with van der Waals surface area (Å²) in [6, 6.07) is 0. The quantitative estimate of drug-likeness (QED) is 0.0525. The first-order valence-corrected chi connectivity index (χ1v) is 29.0. The van der Waals surface area contributed by atoms with Gasteiger partial charge in [0.25, 0.3) is 10.1 Å². The lowest BCUT2D eigenvalue weighted by atomic mass is 9.81. The van der Waals surface area contributed by atoms with Crippen molar-refractivity contribution in [3.05, 3.63) is 27.8 Å². The van der Waals surface area contributed by atoms with Crippen LogP contribution in [0.5, 0.6) is 0 Å². The molecule has 354 valence electrons. The molecule has 3 nitrogen and oxygen atoms in total. The third-order valence-corrected chi connectivity index (χ3v) is 14.7. The molecule has 0 saturated heterocycles. The standard InChI is InChI=1S/C56H106O3S/c1-6-11-16-21-26-31-36-41-46-51-52(47-42-37-32-27-22-17-12-7-2)54(49-44-39-34-29-24-19-14-9-4)56(60(57,58)59)55(50-45-40-35-30-25-20-15-10-5)53(51)48-43-38-33-28-23-18-13-8-3/h6-50H2,1-5H3,(H,57,58,59). The Balaban J connectivity index is 3.64. The maximum atomic E-state index is 13.9. The monoisotopic (exact) mass is 859 g/mol. The van der Waals surface area contributed by atoms with Gasteiger partial charge in [-0.3, -0.25) is 4.55 Å². The minimum absolute atomic E-state index is 0.372. The molecule has 1 rings (SSSR count). The zero-order chi connectivity index (χ0) is 43.8. The smallest absolute Gasteiger partial charge is 0.282 e. The minimum atomic E-state index is -4.38. The molecular weight excluding hydrogens is 753 g/mol. The van der Waals surface area contributed by atoms with E-state index in [2.05, 4.69) is 34.6 Å². The van der Waals surface area contributed by atoms with Crippen LogP contribution in [0.3, 0.4) is 0 Å². The van der Waals surface area contributed by atoms with Gasteiger partial charge >= 0.3 is 0 Å². The van der Waals surface area contributed by atoms with Gasteiger partial charge in [0, 0.05) is 0 Å². The highest BCUT2D eigenvalue weighted by atomic mass is 32.2. The third-order valence-electron chi connectivity index (χ3n) is 13.7. The molecule has 1 aromatic carbocycles. The Labute approximate surface area is 377 Å². The second kappa shape index (κ2) is 40.9. The molecule has 0 aliphatic rings. The normalized spacial score (nSPS) is 12.0. The van der Waals surface area contributed by atoms with Crippen molar-refractivity contribution in [1.29, 1.82) is 0 Å². The van der Waals surface area contributed by atoms with Gasteiger partial charge in [-0.05, 0) is 92.0 Å². The summed E-state index contributed by atoms with van der Waals surface area (Å²) < 4.78 is 39.2. The van der Waals surface area contributed by atoms with E-state index in [0.717, 1.165) is 81.8 Å². The van der Waals surface area contributed by atoms with Crippen LogP contribution in [0.4, 0.5) is 0 Å². The lowest BCUT2D eigenvalue weighted by Crippen LogP contribution is -2.18. The number of hydrogen-bond donors (Lipinski definition) is 1. The summed E-state index contributed by atoms with van der Waals surface area (Å²) in [5, 5.41) is 0. The van der Waals surface area contributed by atoms with Gasteiger partial charge in [-0.25, -0.2) is 0 Å². The first-order chi connectivity index (χ1) is 29.4. The molecule has 0 unspecified atom stereocenters. The van der Waals surface area contributed by atoms with Crippen molar-refractivity contribution in [2.75, 3.05) is 0 Å². The Bertz CT molecular complexity index is 1140. The Morgan fingerprint density at radius 1 is 0.250 bits per heavy atom. The second-order valence-electron chi connectivity index (χ2n) is 19.3. The fourth-order valence-corrected chi connectivity index (χ4v) is 11.0. The zero-order valence-corrected chi connectivity index (χ0v) is 42.3. The zero-order valence-electron chi connectivity index (χ0n) is 41.5. The highest BCUT2D eigenvalue weighted by Crippen LogP contribution is 2.38. The van der Waals surface area contributed by atoms with Crippen LogP contribution in [-0.4, -0.2) is 13.0 Å². The van der Waals surface area contributed by atoms with E-state index in [0.29, 0.717) is 4.90 Å². The van der Waals surface area contributed by atoms with Gasteiger partial charge in [0.15, 0.2) is 0 Å². The number of benzene rings is 1. The Morgan fingerprint density at radius 3 is 0.583 bits per heavy atom. The molecule has 0 aromatic heterocycles. The summed E-state index contributed by atoms with van der Waals surface area (Å²) in [6.07, 6.45) is 55.4. The van der Waals surface area contributed by atoms with Crippen molar-refractivity contribution in [3.63, 3.8) is 0 Å². The molecule has 0 saturated carbocycles. The molecule has 0 spiro atoms. The van der Waals surface area contributed by atoms with E-state index in [1.807, 2.05) is 0 Å². The van der Waals surface area contributed by atoms with E-state index in [4.69, 9.17) is 0 Å². The van der Waals surface area contributed by atoms with E-state index in [9.17, 15) is 13.0 Å². The van der Waals surface area contributed by atoms with E-state index >= 15 is 0 Å². The molecule has 0 bridgehead atoms. The van der Waals surface area contributed by atoms with Crippen LogP contribution < -0.4 is 0 Å². The largest absolute Gasteiger partial charge is 0.295 e. The minimum Gasteiger partial charge on any atom is -0.282 e. The Hall–Kier alpha value is -0.870. The average molecular weight is 860 g/mol. The van der Waals surface area contributed by atoms with Crippen molar-refractivity contribution in [3.8, 4) is 0 Å². The van der Waals surface area contributed by atoms with Gasteiger partial charge in [0.05, 0.1) is 0 Å². The summed E-state index contributed by atoms with van der Waals surface area (Å²) >= 11 is 0. The van der Waals surface area contributed by atoms with Crippen molar-refractivity contribution >= 4 is 10.1 Å². The van der Waals surface area contributed by atoms with Gasteiger partial charge in [-0.15, -0.1) is 0 Å². The molecule has 0 aliphatic carbocycles. The molecule has 1 aromatic rings. The van der Waals surface area contributed by atoms with Crippen LogP contribution in [0.25, 0.3) is 0 Å². The fourth-order valence-electron chi connectivity index (χ4n) is 9.93. The molecule has 60 heavy (non-hydrogen) atoms. The molecule has 0 aliphatic heterocycles. The number of hydrogen-bond acceptors (Lipinski definition) is 2. The van der Waals surface area contributed by atoms with Crippen LogP contribution in [0.2, 0.25) is 0 Å². The van der Waals surface area contributed by atoms with Crippen LogP contribution in [-0.2, 0) is 42.2 Å². The van der Waals surface area contributed by atoms with Crippen molar-refractivity contribution in [2.45, 2.75) is 328 Å².